The number of hydrogen-bond acceptors (Lipinski definition) is 3. The van der Waals surface area contributed by atoms with E-state index < -0.39 is 0 Å². The molecule has 0 amide bonds. The van der Waals surface area contributed by atoms with Crippen LogP contribution in [-0.2, 0) is 4.79 Å². The third kappa shape index (κ3) is 2.08. The van der Waals surface area contributed by atoms with Crippen LogP contribution in [0.5, 0.6) is 0 Å². The molecule has 2 N–H and O–H groups in total. The summed E-state index contributed by atoms with van der Waals surface area (Å²) in [5.74, 6) is 0.134. The molecule has 0 spiro atoms. The Labute approximate surface area is 61.2 Å². The molecule has 3 heteroatoms. The number of nitrogens with two attached hydrogens (primary N) is 1. The summed E-state index contributed by atoms with van der Waals surface area (Å²) in [6.45, 7) is 0.707. The van der Waals surface area contributed by atoms with Crippen molar-refractivity contribution in [2.75, 3.05) is 20.1 Å². The summed E-state index contributed by atoms with van der Waals surface area (Å²) in [4.78, 5) is 12.9. The number of Topliss-reactive ketones (excluding diaryl/α,β-unsaturated/α-hetero) is 1. The molecule has 1 saturated carbocycles. The van der Waals surface area contributed by atoms with Crippen molar-refractivity contribution >= 4 is 5.78 Å². The van der Waals surface area contributed by atoms with Crippen molar-refractivity contribution in [3.05, 3.63) is 0 Å². The van der Waals surface area contributed by atoms with Gasteiger partial charge in [-0.15, -0.1) is 0 Å². The summed E-state index contributed by atoms with van der Waals surface area (Å²) in [7, 11) is 1.98. The van der Waals surface area contributed by atoms with E-state index in [1.165, 1.54) is 12.8 Å². The molecule has 1 rings (SSSR count). The van der Waals surface area contributed by atoms with Crippen molar-refractivity contribution in [1.82, 2.24) is 4.90 Å². The van der Waals surface area contributed by atoms with Gasteiger partial charge in [0.2, 0.25) is 0 Å². The molecule has 0 heterocycles. The molecule has 3 nitrogen and oxygen atoms in total. The highest BCUT2D eigenvalue weighted by Crippen LogP contribution is 2.24. The van der Waals surface area contributed by atoms with Gasteiger partial charge in [0, 0.05) is 6.04 Å². The number of rotatable bonds is 4. The molecule has 0 aromatic carbocycles. The van der Waals surface area contributed by atoms with Gasteiger partial charge in [0.1, 0.15) is 0 Å². The van der Waals surface area contributed by atoms with Crippen molar-refractivity contribution < 1.29 is 4.79 Å². The number of hydrogen-bond donors (Lipinski definition) is 1. The molecule has 0 aromatic heterocycles. The van der Waals surface area contributed by atoms with Crippen LogP contribution in [0.4, 0.5) is 0 Å². The minimum atomic E-state index is 0.134. The fraction of sp³-hybridized carbons (Fsp3) is 0.857. The number of ketones is 1. The van der Waals surface area contributed by atoms with Crippen LogP contribution in [0.3, 0.4) is 0 Å². The standard InChI is InChI=1S/C7H14N2O/c1-9(6-2-3-6)5-7(10)4-8/h6H,2-5,8H2,1H3. The third-order valence-electron chi connectivity index (χ3n) is 1.82. The molecule has 0 saturated heterocycles. The lowest BCUT2D eigenvalue weighted by atomic mass is 10.3. The van der Waals surface area contributed by atoms with Gasteiger partial charge in [0.25, 0.3) is 0 Å². The minimum absolute atomic E-state index is 0.134. The van der Waals surface area contributed by atoms with Crippen molar-refractivity contribution in [3.63, 3.8) is 0 Å². The Balaban J connectivity index is 2.16. The molecular formula is C7H14N2O. The molecule has 0 aliphatic heterocycles. The molecule has 0 radical (unpaired) electrons. The Kier molecular flexibility index (Phi) is 2.40. The van der Waals surface area contributed by atoms with Gasteiger partial charge in [0.15, 0.2) is 5.78 Å². The van der Waals surface area contributed by atoms with E-state index in [1.54, 1.807) is 0 Å². The van der Waals surface area contributed by atoms with Gasteiger partial charge in [0.05, 0.1) is 13.1 Å². The number of carbonyl (C=O) groups excluding carboxylic acids is 1. The Morgan fingerprint density at radius 3 is 2.70 bits per heavy atom. The SMILES string of the molecule is CN(CC(=O)CN)C1CC1. The van der Waals surface area contributed by atoms with Crippen molar-refractivity contribution in [2.45, 2.75) is 18.9 Å². The van der Waals surface area contributed by atoms with E-state index in [4.69, 9.17) is 5.73 Å². The highest BCUT2D eigenvalue weighted by atomic mass is 16.1. The first-order valence-electron chi connectivity index (χ1n) is 3.66. The predicted octanol–water partition coefficient (Wildman–Crippen LogP) is -0.392. The van der Waals surface area contributed by atoms with Gasteiger partial charge < -0.3 is 5.73 Å². The maximum absolute atomic E-state index is 10.8. The molecule has 0 bridgehead atoms. The number of nitrogens with zero attached hydrogens (tertiary/aromatic N) is 1. The Morgan fingerprint density at radius 2 is 2.30 bits per heavy atom. The molecule has 1 fully saturated rings. The maximum atomic E-state index is 10.8. The highest BCUT2D eigenvalue weighted by molar-refractivity contribution is 5.82. The van der Waals surface area contributed by atoms with Gasteiger partial charge >= 0.3 is 0 Å². The molecule has 1 aliphatic carbocycles. The van der Waals surface area contributed by atoms with E-state index in [0.717, 1.165) is 0 Å². The normalized spacial score (nSPS) is 17.9. The molecule has 0 atom stereocenters. The second kappa shape index (κ2) is 3.12. The van der Waals surface area contributed by atoms with Crippen LogP contribution in [0.25, 0.3) is 0 Å². The van der Waals surface area contributed by atoms with Crippen LogP contribution < -0.4 is 5.73 Å². The molecule has 0 unspecified atom stereocenters. The second-order valence-electron chi connectivity index (χ2n) is 2.89. The predicted molar refractivity (Wildman–Crippen MR) is 39.7 cm³/mol. The monoisotopic (exact) mass is 142 g/mol. The van der Waals surface area contributed by atoms with Crippen LogP contribution in [-0.4, -0.2) is 36.9 Å². The summed E-state index contributed by atoms with van der Waals surface area (Å²) in [6, 6.07) is 0.662. The van der Waals surface area contributed by atoms with Crippen molar-refractivity contribution in [1.29, 1.82) is 0 Å². The van der Waals surface area contributed by atoms with E-state index in [1.807, 2.05) is 7.05 Å². The maximum Gasteiger partial charge on any atom is 0.160 e. The average molecular weight is 142 g/mol. The fourth-order valence-electron chi connectivity index (χ4n) is 0.987. The summed E-state index contributed by atoms with van der Waals surface area (Å²) in [6.07, 6.45) is 2.49. The van der Waals surface area contributed by atoms with E-state index in [0.29, 0.717) is 12.6 Å². The van der Waals surface area contributed by atoms with Crippen LogP contribution in [0, 0.1) is 0 Å². The zero-order chi connectivity index (χ0) is 7.56. The summed E-state index contributed by atoms with van der Waals surface area (Å²) >= 11 is 0. The second-order valence-corrected chi connectivity index (χ2v) is 2.89. The van der Waals surface area contributed by atoms with Gasteiger partial charge in [-0.25, -0.2) is 0 Å². The van der Waals surface area contributed by atoms with Gasteiger partial charge in [-0.1, -0.05) is 0 Å². The first-order valence-corrected chi connectivity index (χ1v) is 3.66. The van der Waals surface area contributed by atoms with Crippen LogP contribution in [0.15, 0.2) is 0 Å². The Morgan fingerprint density at radius 1 is 1.70 bits per heavy atom. The van der Waals surface area contributed by atoms with Crippen LogP contribution >= 0.6 is 0 Å². The summed E-state index contributed by atoms with van der Waals surface area (Å²) in [5, 5.41) is 0. The topological polar surface area (TPSA) is 46.3 Å². The van der Waals surface area contributed by atoms with Crippen LogP contribution in [0.1, 0.15) is 12.8 Å². The summed E-state index contributed by atoms with van der Waals surface area (Å²) < 4.78 is 0. The average Bonchev–Trinajstić information content (AvgIpc) is 2.68. The van der Waals surface area contributed by atoms with Gasteiger partial charge in [-0.2, -0.15) is 0 Å². The Bertz CT molecular complexity index is 132. The smallest absolute Gasteiger partial charge is 0.160 e. The molecule has 0 aromatic rings. The first kappa shape index (κ1) is 7.69. The number of carbonyl (C=O) groups is 1. The van der Waals surface area contributed by atoms with Crippen LogP contribution in [0.2, 0.25) is 0 Å². The zero-order valence-electron chi connectivity index (χ0n) is 6.34. The van der Waals surface area contributed by atoms with Crippen molar-refractivity contribution in [3.8, 4) is 0 Å². The van der Waals surface area contributed by atoms with Gasteiger partial charge in [-0.05, 0) is 19.9 Å². The lowest BCUT2D eigenvalue weighted by Gasteiger charge is -2.12. The molecule has 10 heavy (non-hydrogen) atoms. The quantitative estimate of drug-likeness (QED) is 0.581. The molecule has 58 valence electrons. The van der Waals surface area contributed by atoms with E-state index >= 15 is 0 Å². The third-order valence-corrected chi connectivity index (χ3v) is 1.82. The van der Waals surface area contributed by atoms with Crippen molar-refractivity contribution in [2.24, 2.45) is 5.73 Å². The van der Waals surface area contributed by atoms with E-state index in [-0.39, 0.29) is 12.3 Å². The lowest BCUT2D eigenvalue weighted by Crippen LogP contribution is -2.31. The van der Waals surface area contributed by atoms with Gasteiger partial charge in [-0.3, -0.25) is 9.69 Å². The largest absolute Gasteiger partial charge is 0.324 e. The minimum Gasteiger partial charge on any atom is -0.324 e. The number of likely N-dealkylation sites (N-methyl/N-ethyl adjacent to an activating group) is 1. The first-order chi connectivity index (χ1) is 4.74. The lowest BCUT2D eigenvalue weighted by molar-refractivity contribution is -0.118. The van der Waals surface area contributed by atoms with E-state index in [9.17, 15) is 4.79 Å². The molecular weight excluding hydrogens is 128 g/mol. The van der Waals surface area contributed by atoms with E-state index in [2.05, 4.69) is 4.90 Å². The summed E-state index contributed by atoms with van der Waals surface area (Å²) in [5.41, 5.74) is 5.16. The molecule has 1 aliphatic rings. The Hall–Kier alpha value is -0.410. The highest BCUT2D eigenvalue weighted by Gasteiger charge is 2.26. The fourth-order valence-corrected chi connectivity index (χ4v) is 0.987. The zero-order valence-corrected chi connectivity index (χ0v) is 6.34.